The Morgan fingerprint density at radius 1 is 0.933 bits per heavy atom. The number of ketones is 1. The van der Waals surface area contributed by atoms with Crippen LogP contribution >= 0.6 is 0 Å². The van der Waals surface area contributed by atoms with Crippen molar-refractivity contribution in [3.63, 3.8) is 0 Å². The molecule has 7 heteroatoms. The summed E-state index contributed by atoms with van der Waals surface area (Å²) >= 11 is 0. The third kappa shape index (κ3) is 5.19. The second-order valence-electron chi connectivity index (χ2n) is 2.54. The standard InChI is InChI=1S/C8H8O7/c9-5(8(14)15)2-1-4(7(12)13)3-6(10)11/h1H,2-3H2,(H,10,11)(H,12,13)(H,14,15)/b4-1+. The first-order valence-corrected chi connectivity index (χ1v) is 3.74. The second kappa shape index (κ2) is 5.53. The number of carboxylic acids is 3. The molecule has 0 bridgehead atoms. The zero-order chi connectivity index (χ0) is 12.0. The molecule has 0 fully saturated rings. The average Bonchev–Trinajstić information content (AvgIpc) is 2.10. The molecule has 0 heterocycles. The van der Waals surface area contributed by atoms with Crippen LogP contribution in [-0.4, -0.2) is 39.0 Å². The molecule has 0 aromatic rings. The number of Topliss-reactive ketones (excluding diaryl/α,β-unsaturated/α-hetero) is 1. The Labute approximate surface area is 83.6 Å². The first-order valence-electron chi connectivity index (χ1n) is 3.74. The van der Waals surface area contributed by atoms with Gasteiger partial charge in [-0.1, -0.05) is 6.08 Å². The Morgan fingerprint density at radius 2 is 1.47 bits per heavy atom. The Balaban J connectivity index is 4.56. The number of carbonyl (C=O) groups excluding carboxylic acids is 1. The molecule has 0 aliphatic carbocycles. The molecule has 3 N–H and O–H groups in total. The van der Waals surface area contributed by atoms with Crippen LogP contribution in [-0.2, 0) is 19.2 Å². The Kier molecular flexibility index (Phi) is 4.73. The van der Waals surface area contributed by atoms with Gasteiger partial charge < -0.3 is 15.3 Å². The van der Waals surface area contributed by atoms with Crippen LogP contribution in [0.5, 0.6) is 0 Å². The summed E-state index contributed by atoms with van der Waals surface area (Å²) in [7, 11) is 0. The summed E-state index contributed by atoms with van der Waals surface area (Å²) in [4.78, 5) is 41.2. The van der Waals surface area contributed by atoms with Crippen LogP contribution in [0.25, 0.3) is 0 Å². The number of hydrogen-bond acceptors (Lipinski definition) is 4. The molecule has 7 nitrogen and oxygen atoms in total. The molecule has 15 heavy (non-hydrogen) atoms. The number of aliphatic carboxylic acids is 3. The highest BCUT2D eigenvalue weighted by Gasteiger charge is 2.14. The third-order valence-corrected chi connectivity index (χ3v) is 1.39. The lowest BCUT2D eigenvalue weighted by atomic mass is 10.1. The van der Waals surface area contributed by atoms with Gasteiger partial charge in [0.25, 0.3) is 0 Å². The van der Waals surface area contributed by atoms with Crippen molar-refractivity contribution in [3.05, 3.63) is 11.6 Å². The zero-order valence-corrected chi connectivity index (χ0v) is 7.47. The summed E-state index contributed by atoms with van der Waals surface area (Å²) < 4.78 is 0. The molecule has 0 aliphatic rings. The number of allylic oxidation sites excluding steroid dienone is 1. The van der Waals surface area contributed by atoms with Crippen molar-refractivity contribution in [2.24, 2.45) is 0 Å². The average molecular weight is 216 g/mol. The summed E-state index contributed by atoms with van der Waals surface area (Å²) in [5.74, 6) is -5.74. The van der Waals surface area contributed by atoms with E-state index in [4.69, 9.17) is 15.3 Å². The lowest BCUT2D eigenvalue weighted by molar-refractivity contribution is -0.148. The first kappa shape index (κ1) is 12.8. The van der Waals surface area contributed by atoms with E-state index < -0.39 is 42.1 Å². The van der Waals surface area contributed by atoms with Gasteiger partial charge in [0, 0.05) is 12.0 Å². The molecular weight excluding hydrogens is 208 g/mol. The molecule has 82 valence electrons. The van der Waals surface area contributed by atoms with E-state index in [9.17, 15) is 19.2 Å². The smallest absolute Gasteiger partial charge is 0.372 e. The number of carbonyl (C=O) groups is 4. The van der Waals surface area contributed by atoms with Crippen molar-refractivity contribution < 1.29 is 34.5 Å². The maximum Gasteiger partial charge on any atom is 0.372 e. The highest BCUT2D eigenvalue weighted by molar-refractivity contribution is 6.33. The van der Waals surface area contributed by atoms with Crippen LogP contribution in [0, 0.1) is 0 Å². The van der Waals surface area contributed by atoms with E-state index in [2.05, 4.69) is 0 Å². The van der Waals surface area contributed by atoms with E-state index >= 15 is 0 Å². The second-order valence-corrected chi connectivity index (χ2v) is 2.54. The zero-order valence-electron chi connectivity index (χ0n) is 7.47. The quantitative estimate of drug-likeness (QED) is 0.403. The van der Waals surface area contributed by atoms with Gasteiger partial charge in [-0.2, -0.15) is 0 Å². The van der Waals surface area contributed by atoms with Gasteiger partial charge in [0.15, 0.2) is 0 Å². The van der Waals surface area contributed by atoms with Gasteiger partial charge in [-0.15, -0.1) is 0 Å². The monoisotopic (exact) mass is 216 g/mol. The fourth-order valence-corrected chi connectivity index (χ4v) is 0.701. The predicted molar refractivity (Wildman–Crippen MR) is 45.2 cm³/mol. The number of hydrogen-bond donors (Lipinski definition) is 3. The van der Waals surface area contributed by atoms with E-state index in [1.807, 2.05) is 0 Å². The van der Waals surface area contributed by atoms with Crippen LogP contribution in [0.3, 0.4) is 0 Å². The Bertz CT molecular complexity index is 339. The van der Waals surface area contributed by atoms with Crippen molar-refractivity contribution in [1.29, 1.82) is 0 Å². The Morgan fingerprint density at radius 3 is 1.80 bits per heavy atom. The Hall–Kier alpha value is -2.18. The van der Waals surface area contributed by atoms with E-state index in [0.717, 1.165) is 6.08 Å². The van der Waals surface area contributed by atoms with Crippen LogP contribution in [0.1, 0.15) is 12.8 Å². The maximum atomic E-state index is 10.6. The minimum Gasteiger partial charge on any atom is -0.481 e. The van der Waals surface area contributed by atoms with Crippen molar-refractivity contribution >= 4 is 23.7 Å². The topological polar surface area (TPSA) is 129 Å². The highest BCUT2D eigenvalue weighted by atomic mass is 16.4. The summed E-state index contributed by atoms with van der Waals surface area (Å²) in [6.07, 6.45) is -0.612. The van der Waals surface area contributed by atoms with Crippen molar-refractivity contribution in [1.82, 2.24) is 0 Å². The van der Waals surface area contributed by atoms with Gasteiger partial charge in [0.1, 0.15) is 0 Å². The van der Waals surface area contributed by atoms with Crippen LogP contribution in [0.4, 0.5) is 0 Å². The summed E-state index contributed by atoms with van der Waals surface area (Å²) in [5.41, 5.74) is -0.517. The molecule has 0 saturated carbocycles. The SMILES string of the molecule is O=C(O)C/C(=C\CC(=O)C(=O)O)C(=O)O. The lowest BCUT2D eigenvalue weighted by Crippen LogP contribution is -2.12. The largest absolute Gasteiger partial charge is 0.481 e. The normalized spacial score (nSPS) is 10.8. The fourth-order valence-electron chi connectivity index (χ4n) is 0.701. The number of carboxylic acid groups (broad SMARTS) is 3. The van der Waals surface area contributed by atoms with Crippen LogP contribution in [0.2, 0.25) is 0 Å². The fraction of sp³-hybridized carbons (Fsp3) is 0.250. The van der Waals surface area contributed by atoms with Gasteiger partial charge in [-0.05, 0) is 0 Å². The van der Waals surface area contributed by atoms with Gasteiger partial charge in [0.2, 0.25) is 5.78 Å². The maximum absolute atomic E-state index is 10.6. The minimum atomic E-state index is -1.69. The molecular formula is C8H8O7. The van der Waals surface area contributed by atoms with Gasteiger partial charge >= 0.3 is 17.9 Å². The van der Waals surface area contributed by atoms with E-state index in [1.54, 1.807) is 0 Å². The molecule has 0 unspecified atom stereocenters. The third-order valence-electron chi connectivity index (χ3n) is 1.39. The van der Waals surface area contributed by atoms with Gasteiger partial charge in [-0.25, -0.2) is 9.59 Å². The molecule has 0 aromatic heterocycles. The molecule has 0 aliphatic heterocycles. The molecule has 0 rings (SSSR count). The summed E-state index contributed by atoms with van der Waals surface area (Å²) in [6.45, 7) is 0. The summed E-state index contributed by atoms with van der Waals surface area (Å²) in [5, 5.41) is 25.0. The molecule has 0 spiro atoms. The molecule has 0 amide bonds. The molecule has 0 saturated heterocycles. The van der Waals surface area contributed by atoms with Crippen molar-refractivity contribution in [2.75, 3.05) is 0 Å². The lowest BCUT2D eigenvalue weighted by Gasteiger charge is -1.97. The molecule has 0 aromatic carbocycles. The number of rotatable bonds is 6. The summed E-state index contributed by atoms with van der Waals surface area (Å²) in [6, 6.07) is 0. The van der Waals surface area contributed by atoms with Gasteiger partial charge in [-0.3, -0.25) is 9.59 Å². The predicted octanol–water partition coefficient (Wildman–Crippen LogP) is -0.484. The van der Waals surface area contributed by atoms with Crippen LogP contribution in [0.15, 0.2) is 11.6 Å². The van der Waals surface area contributed by atoms with E-state index in [1.165, 1.54) is 0 Å². The van der Waals surface area contributed by atoms with Gasteiger partial charge in [0.05, 0.1) is 6.42 Å². The molecule has 0 atom stereocenters. The highest BCUT2D eigenvalue weighted by Crippen LogP contribution is 2.03. The first-order chi connectivity index (χ1) is 6.84. The molecule has 0 radical (unpaired) electrons. The van der Waals surface area contributed by atoms with E-state index in [0.29, 0.717) is 0 Å². The van der Waals surface area contributed by atoms with Crippen molar-refractivity contribution in [3.8, 4) is 0 Å². The minimum absolute atomic E-state index is 0.517. The van der Waals surface area contributed by atoms with E-state index in [-0.39, 0.29) is 0 Å². The van der Waals surface area contributed by atoms with Crippen molar-refractivity contribution in [2.45, 2.75) is 12.8 Å². The van der Waals surface area contributed by atoms with Crippen LogP contribution < -0.4 is 0 Å².